The topological polar surface area (TPSA) is 42.2 Å². The highest BCUT2D eigenvalue weighted by Gasteiger charge is 2.25. The molecule has 2 aromatic carbocycles. The Bertz CT molecular complexity index is 884. The first-order valence-corrected chi connectivity index (χ1v) is 8.73. The molecule has 1 aliphatic heterocycles. The number of para-hydroxylation sites is 1. The number of rotatable bonds is 2. The number of nitrogens with one attached hydrogen (secondary N) is 1. The van der Waals surface area contributed by atoms with Crippen LogP contribution in [0.1, 0.15) is 34.1 Å². The molecule has 1 N–H and O–H groups in total. The first kappa shape index (κ1) is 14.4. The lowest BCUT2D eigenvalue weighted by Crippen LogP contribution is -2.30. The molecule has 3 aromatic rings. The monoisotopic (exact) mass is 323 g/mol. The minimum absolute atomic E-state index is 0.0487. The van der Waals surface area contributed by atoms with Gasteiger partial charge in [-0.25, -0.2) is 0 Å². The highest BCUT2D eigenvalue weighted by Crippen LogP contribution is 2.36. The number of aryl methyl sites for hydroxylation is 1. The molecule has 0 saturated carbocycles. The molecule has 1 aromatic heterocycles. The van der Waals surface area contributed by atoms with Gasteiger partial charge in [0.15, 0.2) is 5.76 Å². The van der Waals surface area contributed by atoms with Crippen LogP contribution in [0.3, 0.4) is 0 Å². The van der Waals surface area contributed by atoms with Gasteiger partial charge < -0.3 is 9.73 Å². The predicted octanol–water partition coefficient (Wildman–Crippen LogP) is 4.71. The van der Waals surface area contributed by atoms with Crippen LogP contribution < -0.4 is 5.32 Å². The number of furan rings is 1. The second kappa shape index (κ2) is 5.78. The predicted molar refractivity (Wildman–Crippen MR) is 92.9 cm³/mol. The minimum atomic E-state index is -0.134. The maximum Gasteiger partial charge on any atom is 0.287 e. The summed E-state index contributed by atoms with van der Waals surface area (Å²) in [6.45, 7) is 1.94. The molecule has 0 aliphatic carbocycles. The number of amides is 1. The Morgan fingerprint density at radius 2 is 1.96 bits per heavy atom. The van der Waals surface area contributed by atoms with Crippen molar-refractivity contribution in [2.45, 2.75) is 24.3 Å². The number of hydrogen-bond donors (Lipinski definition) is 1. The molecule has 2 heterocycles. The molecule has 0 saturated heterocycles. The van der Waals surface area contributed by atoms with E-state index in [9.17, 15) is 4.79 Å². The zero-order valence-corrected chi connectivity index (χ0v) is 13.7. The Morgan fingerprint density at radius 3 is 2.83 bits per heavy atom. The summed E-state index contributed by atoms with van der Waals surface area (Å²) in [4.78, 5) is 14.0. The largest absolute Gasteiger partial charge is 0.451 e. The third kappa shape index (κ3) is 2.53. The first-order chi connectivity index (χ1) is 11.2. The molecule has 1 atom stereocenters. The lowest BCUT2D eigenvalue weighted by molar-refractivity contribution is 0.0908. The third-order valence-electron chi connectivity index (χ3n) is 4.31. The van der Waals surface area contributed by atoms with Gasteiger partial charge in [0.2, 0.25) is 0 Å². The van der Waals surface area contributed by atoms with E-state index < -0.39 is 0 Å². The Labute approximate surface area is 139 Å². The van der Waals surface area contributed by atoms with Crippen LogP contribution in [-0.4, -0.2) is 11.7 Å². The van der Waals surface area contributed by atoms with Gasteiger partial charge in [-0.05, 0) is 31.0 Å². The number of thioether (sulfide) groups is 1. The van der Waals surface area contributed by atoms with Crippen LogP contribution in [0.25, 0.3) is 11.0 Å². The van der Waals surface area contributed by atoms with Crippen LogP contribution in [0.15, 0.2) is 57.8 Å². The van der Waals surface area contributed by atoms with Crippen LogP contribution in [0.2, 0.25) is 0 Å². The highest BCUT2D eigenvalue weighted by atomic mass is 32.2. The van der Waals surface area contributed by atoms with E-state index >= 15 is 0 Å². The normalized spacial score (nSPS) is 17.0. The summed E-state index contributed by atoms with van der Waals surface area (Å²) in [6.07, 6.45) is 0.937. The van der Waals surface area contributed by atoms with Crippen LogP contribution in [-0.2, 0) is 0 Å². The maximum absolute atomic E-state index is 12.7. The van der Waals surface area contributed by atoms with Crippen molar-refractivity contribution in [2.75, 3.05) is 5.75 Å². The summed E-state index contributed by atoms with van der Waals surface area (Å²) >= 11 is 1.85. The molecule has 0 fully saturated rings. The fraction of sp³-hybridized carbons (Fsp3) is 0.211. The highest BCUT2D eigenvalue weighted by molar-refractivity contribution is 7.99. The number of carbonyl (C=O) groups is 1. The Balaban J connectivity index is 1.64. The summed E-state index contributed by atoms with van der Waals surface area (Å²) in [6, 6.07) is 16.1. The number of carbonyl (C=O) groups excluding carboxylic acids is 1. The molecule has 0 bridgehead atoms. The van der Waals surface area contributed by atoms with E-state index in [1.165, 1.54) is 10.5 Å². The number of fused-ring (bicyclic) bond motifs is 2. The molecule has 0 unspecified atom stereocenters. The lowest BCUT2D eigenvalue weighted by atomic mass is 10.0. The fourth-order valence-corrected chi connectivity index (χ4v) is 4.23. The summed E-state index contributed by atoms with van der Waals surface area (Å²) in [5.74, 6) is 1.30. The molecule has 4 heteroatoms. The molecular weight excluding hydrogens is 306 g/mol. The summed E-state index contributed by atoms with van der Waals surface area (Å²) in [5, 5.41) is 4.14. The summed E-state index contributed by atoms with van der Waals surface area (Å²) in [7, 11) is 0. The van der Waals surface area contributed by atoms with E-state index in [0.29, 0.717) is 5.76 Å². The molecule has 23 heavy (non-hydrogen) atoms. The first-order valence-electron chi connectivity index (χ1n) is 7.75. The van der Waals surface area contributed by atoms with Crippen molar-refractivity contribution < 1.29 is 9.21 Å². The van der Waals surface area contributed by atoms with E-state index in [1.54, 1.807) is 0 Å². The van der Waals surface area contributed by atoms with E-state index in [4.69, 9.17) is 4.42 Å². The van der Waals surface area contributed by atoms with Crippen LogP contribution in [0, 0.1) is 6.92 Å². The van der Waals surface area contributed by atoms with Crippen LogP contribution in [0.4, 0.5) is 0 Å². The molecule has 1 aliphatic rings. The van der Waals surface area contributed by atoms with Crippen LogP contribution in [0.5, 0.6) is 0 Å². The quantitative estimate of drug-likeness (QED) is 0.743. The van der Waals surface area contributed by atoms with E-state index in [-0.39, 0.29) is 11.9 Å². The average Bonchev–Trinajstić information content (AvgIpc) is 2.93. The van der Waals surface area contributed by atoms with Crippen molar-refractivity contribution in [2.24, 2.45) is 0 Å². The van der Waals surface area contributed by atoms with Crippen molar-refractivity contribution in [3.63, 3.8) is 0 Å². The molecule has 1 amide bonds. The zero-order valence-electron chi connectivity index (χ0n) is 12.8. The van der Waals surface area contributed by atoms with Gasteiger partial charge in [0.1, 0.15) is 5.58 Å². The van der Waals surface area contributed by atoms with Crippen molar-refractivity contribution in [3.05, 3.63) is 65.4 Å². The Hall–Kier alpha value is -2.20. The average molecular weight is 323 g/mol. The lowest BCUT2D eigenvalue weighted by Gasteiger charge is -2.25. The molecule has 0 spiro atoms. The number of benzene rings is 2. The van der Waals surface area contributed by atoms with E-state index in [2.05, 4.69) is 17.4 Å². The fourth-order valence-electron chi connectivity index (χ4n) is 3.11. The second-order valence-electron chi connectivity index (χ2n) is 5.75. The molecule has 116 valence electrons. The van der Waals surface area contributed by atoms with E-state index in [1.807, 2.05) is 55.1 Å². The smallest absolute Gasteiger partial charge is 0.287 e. The SMILES string of the molecule is Cc1c(C(=O)N[C@@H]2CCSc3ccccc32)oc2ccccc12. The zero-order chi connectivity index (χ0) is 15.8. The molecular formula is C19H17NO2S. The maximum atomic E-state index is 12.7. The van der Waals surface area contributed by atoms with Gasteiger partial charge in [0, 0.05) is 21.6 Å². The van der Waals surface area contributed by atoms with Crippen molar-refractivity contribution in [3.8, 4) is 0 Å². The van der Waals surface area contributed by atoms with Crippen molar-refractivity contribution in [1.29, 1.82) is 0 Å². The number of hydrogen-bond acceptors (Lipinski definition) is 3. The van der Waals surface area contributed by atoms with Gasteiger partial charge in [-0.1, -0.05) is 36.4 Å². The molecule has 3 nitrogen and oxygen atoms in total. The second-order valence-corrected chi connectivity index (χ2v) is 6.89. The van der Waals surface area contributed by atoms with Crippen LogP contribution >= 0.6 is 11.8 Å². The standard InChI is InChI=1S/C19H17NO2S/c1-12-13-6-2-4-8-16(13)22-18(12)19(21)20-15-10-11-23-17-9-5-3-7-14(15)17/h2-9,15H,10-11H2,1H3,(H,20,21)/t15-/m1/s1. The Kier molecular flexibility index (Phi) is 3.62. The van der Waals surface area contributed by atoms with Gasteiger partial charge in [-0.2, -0.15) is 0 Å². The van der Waals surface area contributed by atoms with Gasteiger partial charge >= 0.3 is 0 Å². The van der Waals surface area contributed by atoms with Crippen molar-refractivity contribution >= 4 is 28.6 Å². The van der Waals surface area contributed by atoms with Gasteiger partial charge in [-0.15, -0.1) is 11.8 Å². The van der Waals surface area contributed by atoms with Gasteiger partial charge in [0.05, 0.1) is 6.04 Å². The molecule has 4 rings (SSSR count). The molecule has 0 radical (unpaired) electrons. The van der Waals surface area contributed by atoms with Crippen molar-refractivity contribution in [1.82, 2.24) is 5.32 Å². The van der Waals surface area contributed by atoms with E-state index in [0.717, 1.165) is 28.7 Å². The van der Waals surface area contributed by atoms with Gasteiger partial charge in [0.25, 0.3) is 5.91 Å². The van der Waals surface area contributed by atoms with Gasteiger partial charge in [-0.3, -0.25) is 4.79 Å². The summed E-state index contributed by atoms with van der Waals surface area (Å²) < 4.78 is 5.77. The third-order valence-corrected chi connectivity index (χ3v) is 5.44. The Morgan fingerprint density at radius 1 is 1.17 bits per heavy atom. The minimum Gasteiger partial charge on any atom is -0.451 e. The summed E-state index contributed by atoms with van der Waals surface area (Å²) in [5.41, 5.74) is 2.86.